The van der Waals surface area contributed by atoms with Crippen LogP contribution in [0.3, 0.4) is 0 Å². The normalized spacial score (nSPS) is 13.6. The van der Waals surface area contributed by atoms with Crippen molar-refractivity contribution in [2.75, 3.05) is 0 Å². The van der Waals surface area contributed by atoms with Crippen molar-refractivity contribution in [3.05, 3.63) is 55.9 Å². The Balaban J connectivity index is 2.55. The topological polar surface area (TPSA) is 26.0 Å². The number of nitrogens with two attached hydrogens (primary N) is 1. The molecule has 0 radical (unpaired) electrons. The van der Waals surface area contributed by atoms with E-state index in [9.17, 15) is 17.6 Å². The number of benzene rings is 1. The van der Waals surface area contributed by atoms with Crippen LogP contribution in [0.4, 0.5) is 17.6 Å². The molecule has 1 atom stereocenters. The number of halogens is 5. The zero-order chi connectivity index (χ0) is 14.2. The minimum atomic E-state index is -4.57. The summed E-state index contributed by atoms with van der Waals surface area (Å²) in [7, 11) is 0. The van der Waals surface area contributed by atoms with Gasteiger partial charge in [-0.2, -0.15) is 24.5 Å². The van der Waals surface area contributed by atoms with Crippen LogP contribution in [0, 0.1) is 5.82 Å². The summed E-state index contributed by atoms with van der Waals surface area (Å²) in [4.78, 5) is 0. The zero-order valence-corrected chi connectivity index (χ0v) is 11.7. The summed E-state index contributed by atoms with van der Waals surface area (Å²) in [5.74, 6) is -0.746. The Hall–Kier alpha value is -0.920. The first-order valence-electron chi connectivity index (χ1n) is 5.14. The highest BCUT2D eigenvalue weighted by Crippen LogP contribution is 2.38. The third-order valence-corrected chi connectivity index (χ3v) is 4.38. The molecule has 0 amide bonds. The van der Waals surface area contributed by atoms with Crippen LogP contribution in [0.25, 0.3) is 0 Å². The highest BCUT2D eigenvalue weighted by molar-refractivity contribution is 9.10. The van der Waals surface area contributed by atoms with Crippen LogP contribution >= 0.6 is 27.3 Å². The number of rotatable bonds is 2. The maximum Gasteiger partial charge on any atom is 0.416 e. The van der Waals surface area contributed by atoms with Crippen LogP contribution in [0.5, 0.6) is 0 Å². The Morgan fingerprint density at radius 1 is 1.16 bits per heavy atom. The molecule has 2 N–H and O–H groups in total. The highest BCUT2D eigenvalue weighted by atomic mass is 79.9. The molecule has 1 nitrogen and oxygen atoms in total. The van der Waals surface area contributed by atoms with Crippen molar-refractivity contribution >= 4 is 27.3 Å². The molecule has 0 aliphatic heterocycles. The lowest BCUT2D eigenvalue weighted by Gasteiger charge is -2.18. The molecule has 0 saturated heterocycles. The SMILES string of the molecule is NC(c1cscc1Br)c1cc(F)ccc1C(F)(F)F. The van der Waals surface area contributed by atoms with E-state index in [0.29, 0.717) is 16.1 Å². The van der Waals surface area contributed by atoms with Gasteiger partial charge in [-0.25, -0.2) is 4.39 Å². The molecule has 1 unspecified atom stereocenters. The van der Waals surface area contributed by atoms with E-state index in [0.717, 1.165) is 12.1 Å². The Morgan fingerprint density at radius 2 is 1.84 bits per heavy atom. The number of thiophene rings is 1. The maximum absolute atomic E-state index is 13.2. The lowest BCUT2D eigenvalue weighted by Crippen LogP contribution is -2.18. The van der Waals surface area contributed by atoms with Gasteiger partial charge in [-0.05, 0) is 50.6 Å². The largest absolute Gasteiger partial charge is 0.416 e. The molecule has 0 saturated carbocycles. The lowest BCUT2D eigenvalue weighted by atomic mass is 9.96. The van der Waals surface area contributed by atoms with Crippen LogP contribution in [0.2, 0.25) is 0 Å². The quantitative estimate of drug-likeness (QED) is 0.777. The average Bonchev–Trinajstić information content (AvgIpc) is 2.72. The third kappa shape index (κ3) is 2.98. The average molecular weight is 354 g/mol. The van der Waals surface area contributed by atoms with Gasteiger partial charge in [0.05, 0.1) is 11.6 Å². The minimum absolute atomic E-state index is 0.272. The van der Waals surface area contributed by atoms with E-state index < -0.39 is 23.6 Å². The summed E-state index contributed by atoms with van der Waals surface area (Å²) < 4.78 is 52.5. The molecule has 1 heterocycles. The fourth-order valence-corrected chi connectivity index (χ4v) is 3.31. The predicted octanol–water partition coefficient (Wildman–Crippen LogP) is 4.72. The van der Waals surface area contributed by atoms with Gasteiger partial charge in [-0.15, -0.1) is 0 Å². The third-order valence-electron chi connectivity index (χ3n) is 2.63. The second-order valence-corrected chi connectivity index (χ2v) is 5.48. The summed E-state index contributed by atoms with van der Waals surface area (Å²) in [5.41, 5.74) is 5.15. The first-order chi connectivity index (χ1) is 8.80. The van der Waals surface area contributed by atoms with Crippen molar-refractivity contribution in [3.8, 4) is 0 Å². The first kappa shape index (κ1) is 14.5. The minimum Gasteiger partial charge on any atom is -0.320 e. The Bertz CT molecular complexity index is 594. The smallest absolute Gasteiger partial charge is 0.320 e. The Labute approximate surface area is 119 Å². The van der Waals surface area contributed by atoms with Crippen LogP contribution < -0.4 is 5.73 Å². The van der Waals surface area contributed by atoms with Crippen LogP contribution in [-0.2, 0) is 6.18 Å². The fourth-order valence-electron chi connectivity index (χ4n) is 1.73. The van der Waals surface area contributed by atoms with Crippen molar-refractivity contribution < 1.29 is 17.6 Å². The molecule has 19 heavy (non-hydrogen) atoms. The van der Waals surface area contributed by atoms with Gasteiger partial charge in [0.15, 0.2) is 0 Å². The second-order valence-electron chi connectivity index (χ2n) is 3.88. The highest BCUT2D eigenvalue weighted by Gasteiger charge is 2.35. The van der Waals surface area contributed by atoms with E-state index in [2.05, 4.69) is 15.9 Å². The van der Waals surface area contributed by atoms with Gasteiger partial charge in [0.2, 0.25) is 0 Å². The maximum atomic E-state index is 13.2. The zero-order valence-electron chi connectivity index (χ0n) is 9.34. The summed E-state index contributed by atoms with van der Waals surface area (Å²) in [6, 6.07) is 1.29. The molecule has 1 aromatic heterocycles. The Morgan fingerprint density at radius 3 is 2.37 bits per heavy atom. The lowest BCUT2D eigenvalue weighted by molar-refractivity contribution is -0.138. The van der Waals surface area contributed by atoms with E-state index in [1.165, 1.54) is 11.3 Å². The second kappa shape index (κ2) is 5.22. The summed E-state index contributed by atoms with van der Waals surface area (Å²) >= 11 is 4.52. The van der Waals surface area contributed by atoms with E-state index >= 15 is 0 Å². The van der Waals surface area contributed by atoms with Gasteiger partial charge in [0, 0.05) is 9.85 Å². The van der Waals surface area contributed by atoms with E-state index in [-0.39, 0.29) is 5.56 Å². The van der Waals surface area contributed by atoms with Gasteiger partial charge in [-0.1, -0.05) is 0 Å². The van der Waals surface area contributed by atoms with Gasteiger partial charge >= 0.3 is 6.18 Å². The van der Waals surface area contributed by atoms with Gasteiger partial charge < -0.3 is 5.73 Å². The standard InChI is InChI=1S/C12H8BrF4NS/c13-10-5-19-4-8(10)11(18)7-3-6(14)1-2-9(7)12(15,16)17/h1-5,11H,18H2. The van der Waals surface area contributed by atoms with Crippen molar-refractivity contribution in [1.29, 1.82) is 0 Å². The molecule has 102 valence electrons. The van der Waals surface area contributed by atoms with Gasteiger partial charge in [0.25, 0.3) is 0 Å². The predicted molar refractivity (Wildman–Crippen MR) is 69.5 cm³/mol. The van der Waals surface area contributed by atoms with E-state index in [1.807, 2.05) is 0 Å². The van der Waals surface area contributed by atoms with Crippen LogP contribution in [0.15, 0.2) is 33.4 Å². The molecule has 2 aromatic rings. The van der Waals surface area contributed by atoms with E-state index in [4.69, 9.17) is 5.73 Å². The van der Waals surface area contributed by atoms with E-state index in [1.54, 1.807) is 10.8 Å². The van der Waals surface area contributed by atoms with Crippen molar-refractivity contribution in [2.24, 2.45) is 5.73 Å². The van der Waals surface area contributed by atoms with Crippen LogP contribution in [-0.4, -0.2) is 0 Å². The molecule has 0 fully saturated rings. The molecule has 2 rings (SSSR count). The summed E-state index contributed by atoms with van der Waals surface area (Å²) in [5, 5.41) is 3.35. The monoisotopic (exact) mass is 353 g/mol. The molecule has 0 bridgehead atoms. The van der Waals surface area contributed by atoms with Crippen molar-refractivity contribution in [3.63, 3.8) is 0 Å². The molecule has 7 heteroatoms. The van der Waals surface area contributed by atoms with Crippen molar-refractivity contribution in [2.45, 2.75) is 12.2 Å². The molecule has 0 aliphatic carbocycles. The number of alkyl halides is 3. The number of hydrogen-bond donors (Lipinski definition) is 1. The first-order valence-corrected chi connectivity index (χ1v) is 6.88. The summed E-state index contributed by atoms with van der Waals surface area (Å²) in [6.45, 7) is 0. The molecule has 0 spiro atoms. The van der Waals surface area contributed by atoms with Gasteiger partial charge in [-0.3, -0.25) is 0 Å². The van der Waals surface area contributed by atoms with Crippen LogP contribution in [0.1, 0.15) is 22.7 Å². The molecule has 1 aromatic carbocycles. The van der Waals surface area contributed by atoms with Crippen molar-refractivity contribution in [1.82, 2.24) is 0 Å². The fraction of sp³-hybridized carbons (Fsp3) is 0.167. The molecular weight excluding hydrogens is 346 g/mol. The Kier molecular flexibility index (Phi) is 3.98. The van der Waals surface area contributed by atoms with Gasteiger partial charge in [0.1, 0.15) is 5.82 Å². The molecular formula is C12H8BrF4NS. The number of hydrogen-bond acceptors (Lipinski definition) is 2. The molecule has 0 aliphatic rings. The summed E-state index contributed by atoms with van der Waals surface area (Å²) in [6.07, 6.45) is -4.57.